The molecule has 4 rings (SSSR count). The van der Waals surface area contributed by atoms with E-state index in [-0.39, 0.29) is 24.0 Å². The predicted octanol–water partition coefficient (Wildman–Crippen LogP) is 2.65. The molecule has 6 nitrogen and oxygen atoms in total. The molecule has 7 heteroatoms. The molecular weight excluding hydrogens is 445 g/mol. The molecule has 0 saturated carbocycles. The van der Waals surface area contributed by atoms with Crippen LogP contribution in [-0.2, 0) is 11.3 Å². The van der Waals surface area contributed by atoms with E-state index in [0.29, 0.717) is 12.0 Å². The first-order chi connectivity index (χ1) is 12.3. The van der Waals surface area contributed by atoms with Crippen LogP contribution in [0.25, 0.3) is 0 Å². The number of rotatable bonds is 2. The van der Waals surface area contributed by atoms with E-state index >= 15 is 0 Å². The van der Waals surface area contributed by atoms with Crippen LogP contribution in [0.3, 0.4) is 0 Å². The first-order valence-electron chi connectivity index (χ1n) is 9.20. The SMILES string of the molecule is CN=C(NCc1ccc2c(c1)OCCCO2)N1CCC2(CCOC2)C1.I. The molecule has 1 aromatic carbocycles. The summed E-state index contributed by atoms with van der Waals surface area (Å²) < 4.78 is 17.1. The fraction of sp³-hybridized carbons (Fsp3) is 0.632. The van der Waals surface area contributed by atoms with Crippen molar-refractivity contribution in [2.75, 3.05) is 46.6 Å². The van der Waals surface area contributed by atoms with Crippen LogP contribution in [0.5, 0.6) is 11.5 Å². The molecule has 0 bridgehead atoms. The minimum Gasteiger partial charge on any atom is -0.490 e. The second-order valence-corrected chi connectivity index (χ2v) is 7.21. The number of nitrogens with one attached hydrogen (secondary N) is 1. The first-order valence-corrected chi connectivity index (χ1v) is 9.20. The number of fused-ring (bicyclic) bond motifs is 1. The van der Waals surface area contributed by atoms with Crippen LogP contribution >= 0.6 is 24.0 Å². The van der Waals surface area contributed by atoms with Crippen LogP contribution in [0.1, 0.15) is 24.8 Å². The molecule has 0 radical (unpaired) electrons. The summed E-state index contributed by atoms with van der Waals surface area (Å²) in [6.07, 6.45) is 3.29. The molecule has 1 atom stereocenters. The summed E-state index contributed by atoms with van der Waals surface area (Å²) in [5.74, 6) is 2.65. The normalized spacial score (nSPS) is 25.1. The predicted molar refractivity (Wildman–Crippen MR) is 112 cm³/mol. The van der Waals surface area contributed by atoms with E-state index < -0.39 is 0 Å². The smallest absolute Gasteiger partial charge is 0.193 e. The van der Waals surface area contributed by atoms with Gasteiger partial charge in [-0.3, -0.25) is 4.99 Å². The standard InChI is InChI=1S/C19H27N3O3.HI/c1-20-18(22-7-5-19(13-22)6-10-23-14-19)21-12-15-3-4-16-17(11-15)25-9-2-8-24-16;/h3-4,11H,2,5-10,12-14H2,1H3,(H,20,21);1H. The van der Waals surface area contributed by atoms with E-state index in [9.17, 15) is 0 Å². The summed E-state index contributed by atoms with van der Waals surface area (Å²) >= 11 is 0. The van der Waals surface area contributed by atoms with E-state index in [2.05, 4.69) is 27.3 Å². The molecule has 2 fully saturated rings. The number of likely N-dealkylation sites (tertiary alicyclic amines) is 1. The minimum atomic E-state index is 0. The Kier molecular flexibility index (Phi) is 6.50. The first kappa shape index (κ1) is 19.5. The van der Waals surface area contributed by atoms with Crippen molar-refractivity contribution in [1.29, 1.82) is 0 Å². The number of benzene rings is 1. The average Bonchev–Trinajstić information content (AvgIpc) is 3.20. The van der Waals surface area contributed by atoms with Gasteiger partial charge in [0.15, 0.2) is 17.5 Å². The molecule has 2 saturated heterocycles. The van der Waals surface area contributed by atoms with Gasteiger partial charge in [-0.05, 0) is 30.5 Å². The Hall–Kier alpha value is -1.22. The molecule has 0 amide bonds. The Bertz CT molecular complexity index is 647. The lowest BCUT2D eigenvalue weighted by Crippen LogP contribution is -2.41. The maximum Gasteiger partial charge on any atom is 0.193 e. The zero-order chi connectivity index (χ0) is 17.1. The number of aliphatic imine (C=N–C) groups is 1. The summed E-state index contributed by atoms with van der Waals surface area (Å²) in [4.78, 5) is 6.84. The van der Waals surface area contributed by atoms with Crippen LogP contribution in [0.2, 0.25) is 0 Å². The molecular formula is C19H28IN3O3. The van der Waals surface area contributed by atoms with Gasteiger partial charge in [-0.15, -0.1) is 24.0 Å². The average molecular weight is 473 g/mol. The van der Waals surface area contributed by atoms with E-state index in [0.717, 1.165) is 63.3 Å². The Morgan fingerprint density at radius 2 is 2.04 bits per heavy atom. The van der Waals surface area contributed by atoms with Crippen LogP contribution < -0.4 is 14.8 Å². The zero-order valence-electron chi connectivity index (χ0n) is 15.3. The lowest BCUT2D eigenvalue weighted by molar-refractivity contribution is 0.156. The van der Waals surface area contributed by atoms with Gasteiger partial charge in [0.2, 0.25) is 0 Å². The van der Waals surface area contributed by atoms with Gasteiger partial charge < -0.3 is 24.4 Å². The summed E-state index contributed by atoms with van der Waals surface area (Å²) in [7, 11) is 1.85. The fourth-order valence-electron chi connectivity index (χ4n) is 3.92. The molecule has 144 valence electrons. The molecule has 1 aromatic rings. The lowest BCUT2D eigenvalue weighted by Gasteiger charge is -2.25. The number of hydrogen-bond acceptors (Lipinski definition) is 4. The topological polar surface area (TPSA) is 55.3 Å². The van der Waals surface area contributed by atoms with Gasteiger partial charge in [0.05, 0.1) is 19.8 Å². The third kappa shape index (κ3) is 4.19. The van der Waals surface area contributed by atoms with Crippen molar-refractivity contribution in [3.05, 3.63) is 23.8 Å². The van der Waals surface area contributed by atoms with Crippen molar-refractivity contribution in [1.82, 2.24) is 10.2 Å². The van der Waals surface area contributed by atoms with Gasteiger partial charge in [0, 0.05) is 45.1 Å². The van der Waals surface area contributed by atoms with Crippen LogP contribution in [0.15, 0.2) is 23.2 Å². The molecule has 1 spiro atoms. The molecule has 3 aliphatic rings. The summed E-state index contributed by atoms with van der Waals surface area (Å²) in [6.45, 7) is 6.03. The molecule has 1 unspecified atom stereocenters. The van der Waals surface area contributed by atoms with Gasteiger partial charge in [-0.25, -0.2) is 0 Å². The molecule has 0 aliphatic carbocycles. The van der Waals surface area contributed by atoms with Crippen molar-refractivity contribution in [3.63, 3.8) is 0 Å². The zero-order valence-corrected chi connectivity index (χ0v) is 17.7. The number of ether oxygens (including phenoxy) is 3. The van der Waals surface area contributed by atoms with Crippen molar-refractivity contribution in [3.8, 4) is 11.5 Å². The highest BCUT2D eigenvalue weighted by Crippen LogP contribution is 2.38. The number of hydrogen-bond donors (Lipinski definition) is 1. The highest BCUT2D eigenvalue weighted by atomic mass is 127. The van der Waals surface area contributed by atoms with Gasteiger partial charge in [-0.2, -0.15) is 0 Å². The maximum absolute atomic E-state index is 5.78. The van der Waals surface area contributed by atoms with Gasteiger partial charge in [-0.1, -0.05) is 6.07 Å². The Labute approximate surface area is 172 Å². The highest BCUT2D eigenvalue weighted by molar-refractivity contribution is 14.0. The lowest BCUT2D eigenvalue weighted by atomic mass is 9.87. The van der Waals surface area contributed by atoms with Crippen LogP contribution in [-0.4, -0.2) is 57.4 Å². The second kappa shape index (κ2) is 8.65. The van der Waals surface area contributed by atoms with E-state index in [1.54, 1.807) is 0 Å². The van der Waals surface area contributed by atoms with E-state index in [4.69, 9.17) is 14.2 Å². The third-order valence-electron chi connectivity index (χ3n) is 5.40. The van der Waals surface area contributed by atoms with E-state index in [1.165, 1.54) is 18.4 Å². The monoisotopic (exact) mass is 473 g/mol. The molecule has 0 aromatic heterocycles. The molecule has 1 N–H and O–H groups in total. The molecule has 3 aliphatic heterocycles. The van der Waals surface area contributed by atoms with Crippen molar-refractivity contribution >= 4 is 29.9 Å². The second-order valence-electron chi connectivity index (χ2n) is 7.21. The van der Waals surface area contributed by atoms with Crippen LogP contribution in [0, 0.1) is 5.41 Å². The van der Waals surface area contributed by atoms with Gasteiger partial charge in [0.25, 0.3) is 0 Å². The van der Waals surface area contributed by atoms with Crippen molar-refractivity contribution < 1.29 is 14.2 Å². The Morgan fingerprint density at radius 3 is 2.81 bits per heavy atom. The number of halogens is 1. The number of nitrogens with zero attached hydrogens (tertiary/aromatic N) is 2. The summed E-state index contributed by atoms with van der Waals surface area (Å²) in [5, 5.41) is 3.50. The van der Waals surface area contributed by atoms with Crippen molar-refractivity contribution in [2.45, 2.75) is 25.8 Å². The highest BCUT2D eigenvalue weighted by Gasteiger charge is 2.42. The van der Waals surface area contributed by atoms with Gasteiger partial charge >= 0.3 is 0 Å². The Morgan fingerprint density at radius 1 is 1.19 bits per heavy atom. The Balaban J connectivity index is 0.00000196. The molecule has 26 heavy (non-hydrogen) atoms. The number of guanidine groups is 1. The largest absolute Gasteiger partial charge is 0.490 e. The van der Waals surface area contributed by atoms with Crippen LogP contribution in [0.4, 0.5) is 0 Å². The van der Waals surface area contributed by atoms with Crippen molar-refractivity contribution in [2.24, 2.45) is 10.4 Å². The maximum atomic E-state index is 5.78. The van der Waals surface area contributed by atoms with E-state index in [1.807, 2.05) is 13.1 Å². The summed E-state index contributed by atoms with van der Waals surface area (Å²) in [5.41, 5.74) is 1.51. The quantitative estimate of drug-likeness (QED) is 0.407. The summed E-state index contributed by atoms with van der Waals surface area (Å²) in [6, 6.07) is 6.16. The minimum absolute atomic E-state index is 0. The fourth-order valence-corrected chi connectivity index (χ4v) is 3.92. The molecule has 3 heterocycles. The van der Waals surface area contributed by atoms with Gasteiger partial charge in [0.1, 0.15) is 0 Å². The third-order valence-corrected chi connectivity index (χ3v) is 5.40.